The number of nitriles is 1. The summed E-state index contributed by atoms with van der Waals surface area (Å²) < 4.78 is 12.9. The lowest BCUT2D eigenvalue weighted by atomic mass is 9.93. The van der Waals surface area contributed by atoms with Gasteiger partial charge in [0.25, 0.3) is 0 Å². The van der Waals surface area contributed by atoms with Gasteiger partial charge in [0.1, 0.15) is 5.82 Å². The third-order valence-electron chi connectivity index (χ3n) is 2.72. The van der Waals surface area contributed by atoms with Crippen LogP contribution >= 0.6 is 0 Å². The molecule has 0 atom stereocenters. The highest BCUT2D eigenvalue weighted by atomic mass is 19.1. The molecule has 1 saturated carbocycles. The van der Waals surface area contributed by atoms with Gasteiger partial charge in [-0.05, 0) is 36.1 Å². The first-order valence-electron chi connectivity index (χ1n) is 4.53. The van der Waals surface area contributed by atoms with Gasteiger partial charge in [-0.3, -0.25) is 0 Å². The van der Waals surface area contributed by atoms with Crippen LogP contribution in [0.3, 0.4) is 0 Å². The molecule has 0 amide bonds. The smallest absolute Gasteiger partial charge is 0.123 e. The number of hydrogen-bond donors (Lipinski definition) is 1. The van der Waals surface area contributed by atoms with Gasteiger partial charge in [-0.15, -0.1) is 0 Å². The van der Waals surface area contributed by atoms with Gasteiger partial charge in [0.2, 0.25) is 0 Å². The summed E-state index contributed by atoms with van der Waals surface area (Å²) in [5.41, 5.74) is 0.860. The minimum Gasteiger partial charge on any atom is -0.392 e. The van der Waals surface area contributed by atoms with Crippen molar-refractivity contribution < 1.29 is 9.50 Å². The quantitative estimate of drug-likeness (QED) is 0.775. The topological polar surface area (TPSA) is 44.0 Å². The van der Waals surface area contributed by atoms with Crippen molar-refractivity contribution in [1.82, 2.24) is 0 Å². The maximum absolute atomic E-state index is 12.9. The zero-order valence-electron chi connectivity index (χ0n) is 7.63. The maximum Gasteiger partial charge on any atom is 0.123 e. The van der Waals surface area contributed by atoms with Crippen molar-refractivity contribution in [2.24, 2.45) is 0 Å². The van der Waals surface area contributed by atoms with E-state index in [4.69, 9.17) is 10.4 Å². The number of rotatable bonds is 2. The van der Waals surface area contributed by atoms with E-state index in [1.165, 1.54) is 12.1 Å². The van der Waals surface area contributed by atoms with Crippen LogP contribution in [0.4, 0.5) is 4.39 Å². The first-order valence-corrected chi connectivity index (χ1v) is 4.53. The van der Waals surface area contributed by atoms with E-state index in [1.54, 1.807) is 6.07 Å². The van der Waals surface area contributed by atoms with E-state index < -0.39 is 5.41 Å². The Morgan fingerprint density at radius 1 is 1.50 bits per heavy atom. The van der Waals surface area contributed by atoms with Crippen molar-refractivity contribution in [2.45, 2.75) is 24.9 Å². The lowest BCUT2D eigenvalue weighted by Crippen LogP contribution is -2.07. The van der Waals surface area contributed by atoms with Gasteiger partial charge in [0.05, 0.1) is 18.1 Å². The van der Waals surface area contributed by atoms with E-state index in [-0.39, 0.29) is 12.4 Å². The fourth-order valence-corrected chi connectivity index (χ4v) is 1.73. The first-order chi connectivity index (χ1) is 6.72. The number of benzene rings is 1. The van der Waals surface area contributed by atoms with Crippen molar-refractivity contribution in [2.75, 3.05) is 0 Å². The standard InChI is InChI=1S/C11H10FNO/c12-9-1-2-10(8(5-9)6-14)11(7-13)3-4-11/h1-2,5,14H,3-4,6H2. The summed E-state index contributed by atoms with van der Waals surface area (Å²) in [6.45, 7) is -0.212. The molecule has 14 heavy (non-hydrogen) atoms. The van der Waals surface area contributed by atoms with Crippen molar-refractivity contribution >= 4 is 0 Å². The number of nitrogens with zero attached hydrogens (tertiary/aromatic N) is 1. The minimum atomic E-state index is -0.453. The Labute approximate surface area is 81.6 Å². The molecule has 1 aromatic rings. The summed E-state index contributed by atoms with van der Waals surface area (Å²) >= 11 is 0. The predicted molar refractivity (Wildman–Crippen MR) is 48.8 cm³/mol. The molecular weight excluding hydrogens is 181 g/mol. The molecule has 1 aromatic carbocycles. The maximum atomic E-state index is 12.9. The van der Waals surface area contributed by atoms with E-state index in [2.05, 4.69) is 6.07 Å². The highest BCUT2D eigenvalue weighted by Gasteiger charge is 2.46. The van der Waals surface area contributed by atoms with Gasteiger partial charge in [0, 0.05) is 0 Å². The van der Waals surface area contributed by atoms with Crippen LogP contribution in [0.15, 0.2) is 18.2 Å². The Morgan fingerprint density at radius 3 is 2.71 bits per heavy atom. The Morgan fingerprint density at radius 2 is 2.21 bits per heavy atom. The van der Waals surface area contributed by atoms with Crippen molar-refractivity contribution in [3.05, 3.63) is 35.1 Å². The average Bonchev–Trinajstić information content (AvgIpc) is 2.98. The van der Waals surface area contributed by atoms with Crippen LogP contribution in [0.5, 0.6) is 0 Å². The van der Waals surface area contributed by atoms with Crippen LogP contribution in [0.25, 0.3) is 0 Å². The molecule has 3 heteroatoms. The van der Waals surface area contributed by atoms with E-state index in [0.717, 1.165) is 18.4 Å². The summed E-state index contributed by atoms with van der Waals surface area (Å²) in [6.07, 6.45) is 1.62. The van der Waals surface area contributed by atoms with Gasteiger partial charge in [-0.25, -0.2) is 4.39 Å². The Balaban J connectivity index is 2.49. The molecule has 0 saturated heterocycles. The average molecular weight is 191 g/mol. The molecule has 72 valence electrons. The summed E-state index contributed by atoms with van der Waals surface area (Å²) in [5, 5.41) is 18.0. The highest BCUT2D eigenvalue weighted by molar-refractivity contribution is 5.44. The molecule has 0 bridgehead atoms. The Bertz CT molecular complexity index is 404. The van der Waals surface area contributed by atoms with Gasteiger partial charge in [-0.1, -0.05) is 6.07 Å². The number of aliphatic hydroxyl groups is 1. The highest BCUT2D eigenvalue weighted by Crippen LogP contribution is 2.48. The Hall–Kier alpha value is -1.40. The molecule has 1 aliphatic rings. The number of halogens is 1. The molecule has 0 radical (unpaired) electrons. The SMILES string of the molecule is N#CC1(c2ccc(F)cc2CO)CC1. The predicted octanol–water partition coefficient (Wildman–Crippen LogP) is 1.87. The third-order valence-corrected chi connectivity index (χ3v) is 2.72. The summed E-state index contributed by atoms with van der Waals surface area (Å²) in [7, 11) is 0. The second kappa shape index (κ2) is 3.07. The molecule has 0 aliphatic heterocycles. The molecule has 0 spiro atoms. The lowest BCUT2D eigenvalue weighted by Gasteiger charge is -2.11. The third kappa shape index (κ3) is 1.28. The lowest BCUT2D eigenvalue weighted by molar-refractivity contribution is 0.279. The van der Waals surface area contributed by atoms with Crippen LogP contribution in [-0.2, 0) is 12.0 Å². The first kappa shape index (κ1) is 9.17. The fraction of sp³-hybridized carbons (Fsp3) is 0.364. The fourth-order valence-electron chi connectivity index (χ4n) is 1.73. The molecule has 1 aliphatic carbocycles. The van der Waals surface area contributed by atoms with Gasteiger partial charge >= 0.3 is 0 Å². The normalized spacial score (nSPS) is 17.5. The summed E-state index contributed by atoms with van der Waals surface area (Å²) in [5.74, 6) is -0.369. The second-order valence-electron chi connectivity index (χ2n) is 3.65. The largest absolute Gasteiger partial charge is 0.392 e. The van der Waals surface area contributed by atoms with Crippen LogP contribution < -0.4 is 0 Å². The van der Waals surface area contributed by atoms with Crippen molar-refractivity contribution in [3.8, 4) is 6.07 Å². The monoisotopic (exact) mass is 191 g/mol. The molecule has 1 fully saturated rings. The van der Waals surface area contributed by atoms with Crippen LogP contribution in [-0.4, -0.2) is 5.11 Å². The zero-order valence-corrected chi connectivity index (χ0v) is 7.63. The molecule has 0 aromatic heterocycles. The van der Waals surface area contributed by atoms with Crippen LogP contribution in [0.1, 0.15) is 24.0 Å². The van der Waals surface area contributed by atoms with E-state index in [9.17, 15) is 4.39 Å². The minimum absolute atomic E-state index is 0.212. The Kier molecular flexibility index (Phi) is 2.01. The summed E-state index contributed by atoms with van der Waals surface area (Å²) in [6, 6.07) is 6.48. The summed E-state index contributed by atoms with van der Waals surface area (Å²) in [4.78, 5) is 0. The molecule has 0 heterocycles. The molecule has 0 unspecified atom stereocenters. The van der Waals surface area contributed by atoms with E-state index >= 15 is 0 Å². The van der Waals surface area contributed by atoms with E-state index in [0.29, 0.717) is 5.56 Å². The van der Waals surface area contributed by atoms with Gasteiger partial charge in [-0.2, -0.15) is 5.26 Å². The number of hydrogen-bond acceptors (Lipinski definition) is 2. The van der Waals surface area contributed by atoms with Gasteiger partial charge in [0.15, 0.2) is 0 Å². The molecule has 1 N–H and O–H groups in total. The van der Waals surface area contributed by atoms with Crippen molar-refractivity contribution in [3.63, 3.8) is 0 Å². The number of aliphatic hydroxyl groups excluding tert-OH is 1. The zero-order chi connectivity index (χ0) is 10.2. The van der Waals surface area contributed by atoms with Gasteiger partial charge < -0.3 is 5.11 Å². The van der Waals surface area contributed by atoms with Crippen molar-refractivity contribution in [1.29, 1.82) is 5.26 Å². The van der Waals surface area contributed by atoms with E-state index in [1.807, 2.05) is 0 Å². The molecule has 2 nitrogen and oxygen atoms in total. The van der Waals surface area contributed by atoms with Crippen LogP contribution in [0, 0.1) is 17.1 Å². The molecule has 2 rings (SSSR count). The molecular formula is C11H10FNO. The second-order valence-corrected chi connectivity index (χ2v) is 3.65. The van der Waals surface area contributed by atoms with Crippen LogP contribution in [0.2, 0.25) is 0 Å².